The van der Waals surface area contributed by atoms with Crippen molar-refractivity contribution >= 4 is 5.97 Å². The monoisotopic (exact) mass is 498 g/mol. The molecule has 9 atom stereocenters. The zero-order valence-corrected chi connectivity index (χ0v) is 24.4. The molecule has 0 aliphatic heterocycles. The maximum Gasteiger partial charge on any atom is 0.336 e. The highest BCUT2D eigenvalue weighted by Crippen LogP contribution is 2.70. The minimum Gasteiger partial charge on any atom is -0.458 e. The number of carbonyl (C=O) groups is 1. The highest BCUT2D eigenvalue weighted by molar-refractivity contribution is 5.88. The maximum atomic E-state index is 12.5. The number of carbonyl (C=O) groups excluding carboxylic acids is 1. The Hall–Kier alpha value is -1.09. The van der Waals surface area contributed by atoms with Gasteiger partial charge < -0.3 is 9.84 Å². The summed E-state index contributed by atoms with van der Waals surface area (Å²) in [6.45, 7) is 20.3. The summed E-state index contributed by atoms with van der Waals surface area (Å²) < 4.78 is 5.96. The van der Waals surface area contributed by atoms with Crippen molar-refractivity contribution in [2.45, 2.75) is 119 Å². The molecule has 0 radical (unpaired) electrons. The van der Waals surface area contributed by atoms with E-state index in [1.807, 2.05) is 0 Å². The molecule has 204 valence electrons. The molecule has 0 aromatic heterocycles. The Morgan fingerprint density at radius 3 is 2.33 bits per heavy atom. The number of fused-ring (bicyclic) bond motifs is 5. The lowest BCUT2D eigenvalue weighted by Gasteiger charge is -2.65. The van der Waals surface area contributed by atoms with Crippen molar-refractivity contribution in [2.24, 2.45) is 51.8 Å². The van der Waals surface area contributed by atoms with E-state index >= 15 is 0 Å². The number of allylic oxidation sites excluding steroid dienone is 2. The summed E-state index contributed by atoms with van der Waals surface area (Å²) in [4.78, 5) is 12.5. The van der Waals surface area contributed by atoms with E-state index in [1.165, 1.54) is 56.9 Å². The van der Waals surface area contributed by atoms with Gasteiger partial charge in [-0.15, -0.1) is 0 Å². The predicted molar refractivity (Wildman–Crippen MR) is 148 cm³/mol. The van der Waals surface area contributed by atoms with E-state index in [-0.39, 0.29) is 23.7 Å². The molecule has 0 heterocycles. The summed E-state index contributed by atoms with van der Waals surface area (Å²) in [5, 5.41) is 9.33. The maximum absolute atomic E-state index is 12.5. The SMILES string of the molecule is C=C(CO)C(=O)O[C@H]1CC[C@]2(C)[C@H]3CC[C@]4(C)C([C@H](C)CCC=C(C)C)CC[C@H]4[C@@H]3CC[C@H]2C1(C)C. The molecule has 1 unspecified atom stereocenters. The van der Waals surface area contributed by atoms with Gasteiger partial charge in [-0.05, 0) is 124 Å². The summed E-state index contributed by atoms with van der Waals surface area (Å²) in [6, 6.07) is 0. The van der Waals surface area contributed by atoms with Crippen LogP contribution in [0.3, 0.4) is 0 Å². The molecular formula is C33H54O3. The Kier molecular flexibility index (Phi) is 7.94. The first-order valence-corrected chi connectivity index (χ1v) is 15.0. The highest BCUT2D eigenvalue weighted by atomic mass is 16.5. The third-order valence-electron chi connectivity index (χ3n) is 12.2. The Labute approximate surface area is 221 Å². The van der Waals surface area contributed by atoms with Crippen LogP contribution in [-0.4, -0.2) is 23.8 Å². The van der Waals surface area contributed by atoms with Crippen LogP contribution in [0.15, 0.2) is 23.8 Å². The molecule has 3 nitrogen and oxygen atoms in total. The van der Waals surface area contributed by atoms with Crippen LogP contribution >= 0.6 is 0 Å². The van der Waals surface area contributed by atoms with E-state index in [2.05, 4.69) is 61.1 Å². The van der Waals surface area contributed by atoms with Gasteiger partial charge in [0.25, 0.3) is 0 Å². The van der Waals surface area contributed by atoms with Crippen molar-refractivity contribution in [3.8, 4) is 0 Å². The average molecular weight is 499 g/mol. The average Bonchev–Trinajstić information content (AvgIpc) is 3.17. The minimum atomic E-state index is -0.419. The molecule has 4 saturated carbocycles. The van der Waals surface area contributed by atoms with Gasteiger partial charge in [0.2, 0.25) is 0 Å². The van der Waals surface area contributed by atoms with Crippen molar-refractivity contribution in [2.75, 3.05) is 6.61 Å². The lowest BCUT2D eigenvalue weighted by atomic mass is 9.41. The molecule has 4 aliphatic carbocycles. The molecule has 0 aromatic carbocycles. The first-order valence-electron chi connectivity index (χ1n) is 15.0. The van der Waals surface area contributed by atoms with E-state index in [0.717, 1.165) is 42.4 Å². The second kappa shape index (κ2) is 10.2. The second-order valence-corrected chi connectivity index (χ2v) is 14.6. The van der Waals surface area contributed by atoms with Crippen LogP contribution < -0.4 is 0 Å². The van der Waals surface area contributed by atoms with Crippen LogP contribution in [0.1, 0.15) is 113 Å². The lowest BCUT2D eigenvalue weighted by Crippen LogP contribution is -2.59. The van der Waals surface area contributed by atoms with Gasteiger partial charge in [-0.25, -0.2) is 4.79 Å². The lowest BCUT2D eigenvalue weighted by molar-refractivity contribution is -0.195. The fourth-order valence-electron chi connectivity index (χ4n) is 10.4. The van der Waals surface area contributed by atoms with E-state index in [0.29, 0.717) is 16.7 Å². The van der Waals surface area contributed by atoms with Gasteiger partial charge >= 0.3 is 5.97 Å². The summed E-state index contributed by atoms with van der Waals surface area (Å²) in [5.74, 6) is 4.40. The van der Waals surface area contributed by atoms with E-state index in [1.54, 1.807) is 0 Å². The molecule has 4 fully saturated rings. The van der Waals surface area contributed by atoms with Gasteiger partial charge in [0.1, 0.15) is 6.10 Å². The van der Waals surface area contributed by atoms with E-state index in [9.17, 15) is 9.90 Å². The van der Waals surface area contributed by atoms with Crippen molar-refractivity contribution in [1.29, 1.82) is 0 Å². The van der Waals surface area contributed by atoms with Crippen LogP contribution in [0.5, 0.6) is 0 Å². The first kappa shape index (κ1) is 27.9. The number of esters is 1. The molecule has 0 aromatic rings. The minimum absolute atomic E-state index is 0.0538. The molecule has 0 bridgehead atoms. The zero-order valence-electron chi connectivity index (χ0n) is 24.4. The van der Waals surface area contributed by atoms with Crippen molar-refractivity contribution in [3.63, 3.8) is 0 Å². The topological polar surface area (TPSA) is 46.5 Å². The van der Waals surface area contributed by atoms with Crippen LogP contribution in [0.2, 0.25) is 0 Å². The summed E-state index contributed by atoms with van der Waals surface area (Å²) in [5.41, 5.74) is 2.41. The van der Waals surface area contributed by atoms with Crippen LogP contribution in [0.4, 0.5) is 0 Å². The highest BCUT2D eigenvalue weighted by Gasteiger charge is 2.63. The van der Waals surface area contributed by atoms with Crippen molar-refractivity contribution < 1.29 is 14.6 Å². The van der Waals surface area contributed by atoms with Gasteiger partial charge in [0.05, 0.1) is 12.2 Å². The van der Waals surface area contributed by atoms with Gasteiger partial charge in [0, 0.05) is 5.41 Å². The predicted octanol–water partition coefficient (Wildman–Crippen LogP) is 8.12. The Bertz CT molecular complexity index is 866. The van der Waals surface area contributed by atoms with Crippen LogP contribution in [0.25, 0.3) is 0 Å². The third kappa shape index (κ3) is 4.65. The Morgan fingerprint density at radius 2 is 1.67 bits per heavy atom. The van der Waals surface area contributed by atoms with Gasteiger partial charge in [-0.3, -0.25) is 0 Å². The number of ether oxygens (including phenoxy) is 1. The fourth-order valence-corrected chi connectivity index (χ4v) is 10.4. The first-order chi connectivity index (χ1) is 16.9. The molecule has 4 rings (SSSR count). The fraction of sp³-hybridized carbons (Fsp3) is 0.848. The molecule has 4 aliphatic rings. The summed E-state index contributed by atoms with van der Waals surface area (Å²) >= 11 is 0. The normalized spacial score (nSPS) is 41.9. The number of rotatable bonds is 7. The van der Waals surface area contributed by atoms with E-state index < -0.39 is 5.97 Å². The van der Waals surface area contributed by atoms with Crippen LogP contribution in [0, 0.1) is 51.8 Å². The number of hydrogen-bond donors (Lipinski definition) is 1. The van der Waals surface area contributed by atoms with Gasteiger partial charge in [0.15, 0.2) is 0 Å². The van der Waals surface area contributed by atoms with Crippen molar-refractivity contribution in [1.82, 2.24) is 0 Å². The molecule has 1 N–H and O–H groups in total. The standard InChI is InChI=1S/C33H54O3/c1-21(2)10-9-11-22(3)25-13-14-26-24-12-15-28-31(5,6)29(36-30(35)23(4)20-34)17-19-33(28,8)27(24)16-18-32(25,26)7/h10,22,24-29,34H,4,9,11-20H2,1-3,5-8H3/t22-,24+,25?,26+,27+,28+,29+,32-,33-/m1/s1. The molecule has 0 amide bonds. The molecule has 3 heteroatoms. The third-order valence-corrected chi connectivity index (χ3v) is 12.2. The van der Waals surface area contributed by atoms with Gasteiger partial charge in [-0.2, -0.15) is 0 Å². The summed E-state index contributed by atoms with van der Waals surface area (Å²) in [6.07, 6.45) is 15.2. The molecule has 0 spiro atoms. The number of aliphatic hydroxyl groups is 1. The van der Waals surface area contributed by atoms with E-state index in [4.69, 9.17) is 4.74 Å². The van der Waals surface area contributed by atoms with Crippen molar-refractivity contribution in [3.05, 3.63) is 23.8 Å². The quantitative estimate of drug-likeness (QED) is 0.219. The second-order valence-electron chi connectivity index (χ2n) is 14.6. The Morgan fingerprint density at radius 1 is 1.00 bits per heavy atom. The van der Waals surface area contributed by atoms with Gasteiger partial charge in [-0.1, -0.05) is 52.8 Å². The molecule has 0 saturated heterocycles. The summed E-state index contributed by atoms with van der Waals surface area (Å²) in [7, 11) is 0. The number of hydrogen-bond acceptors (Lipinski definition) is 3. The largest absolute Gasteiger partial charge is 0.458 e. The Balaban J connectivity index is 1.49. The van der Waals surface area contributed by atoms with Crippen LogP contribution in [-0.2, 0) is 9.53 Å². The molecular weight excluding hydrogens is 444 g/mol. The number of aliphatic hydroxyl groups excluding tert-OH is 1. The smallest absolute Gasteiger partial charge is 0.336 e. The zero-order chi connectivity index (χ0) is 26.5. The molecule has 36 heavy (non-hydrogen) atoms.